The molecule has 2 rings (SSSR count). The van der Waals surface area contributed by atoms with Gasteiger partial charge in [0.25, 0.3) is 5.69 Å². The fourth-order valence-electron chi connectivity index (χ4n) is 1.97. The first-order chi connectivity index (χ1) is 9.40. The molecule has 2 unspecified atom stereocenters. The lowest BCUT2D eigenvalue weighted by Gasteiger charge is -2.27. The molecule has 1 aromatic rings. The van der Waals surface area contributed by atoms with E-state index in [2.05, 4.69) is 10.0 Å². The predicted octanol–water partition coefficient (Wildman–Crippen LogP) is 0.573. The Morgan fingerprint density at radius 1 is 1.35 bits per heavy atom. The number of halogens is 1. The number of nitrogens with one attached hydrogen (secondary N) is 2. The summed E-state index contributed by atoms with van der Waals surface area (Å²) in [5.41, 5.74) is -0.200. The van der Waals surface area contributed by atoms with Crippen LogP contribution in [0.3, 0.4) is 0 Å². The Morgan fingerprint density at radius 2 is 2.00 bits per heavy atom. The maximum Gasteiger partial charge on any atom is 0.269 e. The minimum absolute atomic E-state index is 0.105. The van der Waals surface area contributed by atoms with E-state index in [1.54, 1.807) is 0 Å². The molecule has 1 aromatic carbocycles. The van der Waals surface area contributed by atoms with Crippen LogP contribution in [-0.4, -0.2) is 38.6 Å². The monoisotopic (exact) mass is 303 g/mol. The van der Waals surface area contributed by atoms with Gasteiger partial charge in [0.15, 0.2) is 0 Å². The van der Waals surface area contributed by atoms with E-state index in [1.165, 1.54) is 0 Å². The molecule has 1 aliphatic rings. The standard InChI is InChI=1S/C11H14FN3O4S/c12-10-7-13-6-5-11(10)14-20(18,19)9-3-1-8(2-4-9)15(16)17/h1-4,10-11,13-14H,5-7H2. The molecule has 1 aliphatic heterocycles. The summed E-state index contributed by atoms with van der Waals surface area (Å²) in [5, 5.41) is 13.3. The minimum atomic E-state index is -3.88. The molecule has 1 saturated heterocycles. The molecule has 0 saturated carbocycles. The summed E-state index contributed by atoms with van der Waals surface area (Å²) in [5.74, 6) is 0. The number of non-ortho nitro benzene ring substituents is 1. The third-order valence-electron chi connectivity index (χ3n) is 3.07. The molecule has 0 aromatic heterocycles. The summed E-state index contributed by atoms with van der Waals surface area (Å²) in [4.78, 5) is 9.77. The molecule has 7 nitrogen and oxygen atoms in total. The van der Waals surface area contributed by atoms with Crippen molar-refractivity contribution in [2.24, 2.45) is 0 Å². The van der Waals surface area contributed by atoms with Crippen molar-refractivity contribution in [3.63, 3.8) is 0 Å². The summed E-state index contributed by atoms with van der Waals surface area (Å²) in [7, 11) is -3.88. The Bertz CT molecular complexity index is 590. The van der Waals surface area contributed by atoms with E-state index in [9.17, 15) is 22.9 Å². The van der Waals surface area contributed by atoms with Crippen molar-refractivity contribution < 1.29 is 17.7 Å². The van der Waals surface area contributed by atoms with Gasteiger partial charge in [-0.25, -0.2) is 17.5 Å². The van der Waals surface area contributed by atoms with E-state index in [1.807, 2.05) is 0 Å². The Hall–Kier alpha value is -1.58. The van der Waals surface area contributed by atoms with Crippen LogP contribution in [-0.2, 0) is 10.0 Å². The van der Waals surface area contributed by atoms with Crippen LogP contribution in [0.15, 0.2) is 29.2 Å². The summed E-state index contributed by atoms with van der Waals surface area (Å²) in [6, 6.07) is 3.69. The summed E-state index contributed by atoms with van der Waals surface area (Å²) >= 11 is 0. The van der Waals surface area contributed by atoms with Crippen molar-refractivity contribution in [1.29, 1.82) is 0 Å². The largest absolute Gasteiger partial charge is 0.314 e. The Morgan fingerprint density at radius 3 is 2.55 bits per heavy atom. The highest BCUT2D eigenvalue weighted by Gasteiger charge is 2.29. The highest BCUT2D eigenvalue weighted by atomic mass is 32.2. The molecule has 0 spiro atoms. The molecule has 9 heteroatoms. The van der Waals surface area contributed by atoms with Crippen LogP contribution in [0.5, 0.6) is 0 Å². The molecule has 20 heavy (non-hydrogen) atoms. The molecule has 2 N–H and O–H groups in total. The van der Waals surface area contributed by atoms with Crippen LogP contribution in [0.1, 0.15) is 6.42 Å². The normalized spacial score (nSPS) is 23.4. The van der Waals surface area contributed by atoms with Gasteiger partial charge in [0, 0.05) is 18.7 Å². The zero-order chi connectivity index (χ0) is 14.8. The number of hydrogen-bond acceptors (Lipinski definition) is 5. The third-order valence-corrected chi connectivity index (χ3v) is 4.58. The number of hydrogen-bond donors (Lipinski definition) is 2. The van der Waals surface area contributed by atoms with Crippen LogP contribution >= 0.6 is 0 Å². The van der Waals surface area contributed by atoms with Gasteiger partial charge >= 0.3 is 0 Å². The summed E-state index contributed by atoms with van der Waals surface area (Å²) in [6.45, 7) is 0.640. The van der Waals surface area contributed by atoms with Crippen molar-refractivity contribution in [2.75, 3.05) is 13.1 Å². The fraction of sp³-hybridized carbons (Fsp3) is 0.455. The molecule has 0 bridgehead atoms. The Labute approximate surface area is 115 Å². The van der Waals surface area contributed by atoms with E-state index in [0.29, 0.717) is 13.0 Å². The molecule has 110 valence electrons. The fourth-order valence-corrected chi connectivity index (χ4v) is 3.26. The maximum absolute atomic E-state index is 13.6. The van der Waals surface area contributed by atoms with E-state index >= 15 is 0 Å². The lowest BCUT2D eigenvalue weighted by atomic mass is 10.1. The topological polar surface area (TPSA) is 101 Å². The Kier molecular flexibility index (Phi) is 4.31. The van der Waals surface area contributed by atoms with Crippen molar-refractivity contribution in [1.82, 2.24) is 10.0 Å². The molecule has 0 aliphatic carbocycles. The molecular weight excluding hydrogens is 289 g/mol. The van der Waals surface area contributed by atoms with Crippen LogP contribution < -0.4 is 10.0 Å². The van der Waals surface area contributed by atoms with Gasteiger partial charge < -0.3 is 5.32 Å². The number of rotatable bonds is 4. The van der Waals surface area contributed by atoms with Gasteiger partial charge in [0.05, 0.1) is 15.9 Å². The lowest BCUT2D eigenvalue weighted by Crippen LogP contribution is -2.50. The smallest absolute Gasteiger partial charge is 0.269 e. The second-order valence-corrected chi connectivity index (χ2v) is 6.20. The quantitative estimate of drug-likeness (QED) is 0.625. The number of alkyl halides is 1. The van der Waals surface area contributed by atoms with E-state index < -0.39 is 27.2 Å². The average Bonchev–Trinajstić information content (AvgIpc) is 2.41. The van der Waals surface area contributed by atoms with Crippen molar-refractivity contribution in [3.05, 3.63) is 34.4 Å². The second-order valence-electron chi connectivity index (χ2n) is 4.49. The first-order valence-electron chi connectivity index (χ1n) is 6.02. The molecule has 2 atom stereocenters. The van der Waals surface area contributed by atoms with Crippen molar-refractivity contribution >= 4 is 15.7 Å². The van der Waals surface area contributed by atoms with Crippen LogP contribution in [0, 0.1) is 10.1 Å². The number of piperidine rings is 1. The van der Waals surface area contributed by atoms with Gasteiger partial charge in [0.1, 0.15) is 6.17 Å². The maximum atomic E-state index is 13.6. The van der Waals surface area contributed by atoms with Gasteiger partial charge in [-0.15, -0.1) is 0 Å². The number of nitro benzene ring substituents is 1. The lowest BCUT2D eigenvalue weighted by molar-refractivity contribution is -0.384. The second kappa shape index (κ2) is 5.81. The first kappa shape index (κ1) is 14.8. The van der Waals surface area contributed by atoms with Gasteiger partial charge in [-0.2, -0.15) is 0 Å². The zero-order valence-corrected chi connectivity index (χ0v) is 11.3. The van der Waals surface area contributed by atoms with Gasteiger partial charge in [-0.1, -0.05) is 0 Å². The van der Waals surface area contributed by atoms with Crippen LogP contribution in [0.4, 0.5) is 10.1 Å². The molecule has 1 fully saturated rings. The minimum Gasteiger partial charge on any atom is -0.314 e. The van der Waals surface area contributed by atoms with Gasteiger partial charge in [-0.3, -0.25) is 10.1 Å². The van der Waals surface area contributed by atoms with Gasteiger partial charge in [-0.05, 0) is 25.1 Å². The molecule has 1 heterocycles. The van der Waals surface area contributed by atoms with Crippen molar-refractivity contribution in [3.8, 4) is 0 Å². The number of nitrogens with zero attached hydrogens (tertiary/aromatic N) is 1. The SMILES string of the molecule is O=[N+]([O-])c1ccc(S(=O)(=O)NC2CCNCC2F)cc1. The predicted molar refractivity (Wildman–Crippen MR) is 69.6 cm³/mol. The van der Waals surface area contributed by atoms with Crippen LogP contribution in [0.2, 0.25) is 0 Å². The number of benzene rings is 1. The summed E-state index contributed by atoms with van der Waals surface area (Å²) in [6.07, 6.45) is -0.940. The number of sulfonamides is 1. The van der Waals surface area contributed by atoms with Crippen LogP contribution in [0.25, 0.3) is 0 Å². The van der Waals surface area contributed by atoms with E-state index in [4.69, 9.17) is 0 Å². The molecule has 0 radical (unpaired) electrons. The third kappa shape index (κ3) is 3.30. The van der Waals surface area contributed by atoms with Crippen molar-refractivity contribution in [2.45, 2.75) is 23.5 Å². The van der Waals surface area contributed by atoms with E-state index in [0.717, 1.165) is 24.3 Å². The first-order valence-corrected chi connectivity index (χ1v) is 7.50. The highest BCUT2D eigenvalue weighted by molar-refractivity contribution is 7.89. The average molecular weight is 303 g/mol. The highest BCUT2D eigenvalue weighted by Crippen LogP contribution is 2.17. The zero-order valence-electron chi connectivity index (χ0n) is 10.5. The van der Waals surface area contributed by atoms with Gasteiger partial charge in [0.2, 0.25) is 10.0 Å². The molecular formula is C11H14FN3O4S. The molecule has 0 amide bonds. The van der Waals surface area contributed by atoms with E-state index in [-0.39, 0.29) is 17.1 Å². The number of nitro groups is 1. The summed E-state index contributed by atoms with van der Waals surface area (Å²) < 4.78 is 40.0. The Balaban J connectivity index is 2.15.